The summed E-state index contributed by atoms with van der Waals surface area (Å²) in [5, 5.41) is 0. The maximum Gasteiger partial charge on any atom is 0.254 e. The lowest BCUT2D eigenvalue weighted by Crippen LogP contribution is -2.30. The predicted molar refractivity (Wildman–Crippen MR) is 98.4 cm³/mol. The first kappa shape index (κ1) is 17.3. The normalized spacial score (nSPS) is 16.8. The Balaban J connectivity index is 1.85. The van der Waals surface area contributed by atoms with Gasteiger partial charge in [0.2, 0.25) is 0 Å². The average Bonchev–Trinajstić information content (AvgIpc) is 3.16. The Morgan fingerprint density at radius 1 is 1.08 bits per heavy atom. The third-order valence-electron chi connectivity index (χ3n) is 4.92. The minimum absolute atomic E-state index is 0.0816. The van der Waals surface area contributed by atoms with Crippen LogP contribution in [0.15, 0.2) is 42.5 Å². The SMILES string of the molecule is CCc1ccc(C(=O)N2CCCC2c2ccc(OC)c(OC)c2)cc1. The van der Waals surface area contributed by atoms with Crippen LogP contribution in [-0.2, 0) is 6.42 Å². The Morgan fingerprint density at radius 2 is 1.80 bits per heavy atom. The second-order valence-electron chi connectivity index (χ2n) is 6.32. The van der Waals surface area contributed by atoms with Crippen LogP contribution >= 0.6 is 0 Å². The summed E-state index contributed by atoms with van der Waals surface area (Å²) in [5.41, 5.74) is 3.09. The molecule has 2 aromatic rings. The number of hydrogen-bond acceptors (Lipinski definition) is 3. The number of nitrogens with zero attached hydrogens (tertiary/aromatic N) is 1. The molecule has 0 bridgehead atoms. The average molecular weight is 339 g/mol. The van der Waals surface area contributed by atoms with Crippen molar-refractivity contribution in [2.45, 2.75) is 32.2 Å². The molecule has 132 valence electrons. The van der Waals surface area contributed by atoms with E-state index in [-0.39, 0.29) is 11.9 Å². The highest BCUT2D eigenvalue weighted by atomic mass is 16.5. The molecule has 4 nitrogen and oxygen atoms in total. The van der Waals surface area contributed by atoms with E-state index >= 15 is 0 Å². The Hall–Kier alpha value is -2.49. The molecule has 0 spiro atoms. The molecule has 1 aliphatic rings. The number of ether oxygens (including phenoxy) is 2. The molecule has 0 N–H and O–H groups in total. The van der Waals surface area contributed by atoms with Crippen LogP contribution in [0.4, 0.5) is 0 Å². The van der Waals surface area contributed by atoms with Gasteiger partial charge in [-0.15, -0.1) is 0 Å². The molecule has 1 aliphatic heterocycles. The van der Waals surface area contributed by atoms with E-state index in [0.717, 1.165) is 36.9 Å². The van der Waals surface area contributed by atoms with E-state index in [2.05, 4.69) is 6.92 Å². The topological polar surface area (TPSA) is 38.8 Å². The second-order valence-corrected chi connectivity index (χ2v) is 6.32. The van der Waals surface area contributed by atoms with Crippen LogP contribution < -0.4 is 9.47 Å². The minimum atomic E-state index is 0.0816. The molecule has 0 radical (unpaired) electrons. The first-order valence-electron chi connectivity index (χ1n) is 8.79. The molecule has 1 heterocycles. The monoisotopic (exact) mass is 339 g/mol. The van der Waals surface area contributed by atoms with Crippen molar-refractivity contribution in [3.63, 3.8) is 0 Å². The molecule has 1 fully saturated rings. The van der Waals surface area contributed by atoms with Gasteiger partial charge in [0.25, 0.3) is 5.91 Å². The summed E-state index contributed by atoms with van der Waals surface area (Å²) in [5.74, 6) is 1.50. The molecule has 0 aromatic heterocycles. The van der Waals surface area contributed by atoms with Crippen molar-refractivity contribution < 1.29 is 14.3 Å². The molecule has 2 aromatic carbocycles. The van der Waals surface area contributed by atoms with E-state index in [1.807, 2.05) is 47.4 Å². The molecule has 3 rings (SSSR count). The van der Waals surface area contributed by atoms with Crippen LogP contribution in [0.1, 0.15) is 47.3 Å². The van der Waals surface area contributed by atoms with Gasteiger partial charge >= 0.3 is 0 Å². The zero-order valence-electron chi connectivity index (χ0n) is 15.1. The lowest BCUT2D eigenvalue weighted by atomic mass is 10.0. The van der Waals surface area contributed by atoms with E-state index in [9.17, 15) is 4.79 Å². The zero-order chi connectivity index (χ0) is 17.8. The van der Waals surface area contributed by atoms with Gasteiger partial charge in [-0.25, -0.2) is 0 Å². The molecule has 0 saturated carbocycles. The number of rotatable bonds is 5. The van der Waals surface area contributed by atoms with Crippen molar-refractivity contribution in [1.82, 2.24) is 4.90 Å². The third kappa shape index (κ3) is 3.48. The van der Waals surface area contributed by atoms with Crippen LogP contribution in [-0.4, -0.2) is 31.6 Å². The molecular formula is C21H25NO3. The number of carbonyl (C=O) groups excluding carboxylic acids is 1. The van der Waals surface area contributed by atoms with Gasteiger partial charge in [0.15, 0.2) is 11.5 Å². The molecule has 0 aliphatic carbocycles. The minimum Gasteiger partial charge on any atom is -0.493 e. The highest BCUT2D eigenvalue weighted by Crippen LogP contribution is 2.37. The van der Waals surface area contributed by atoms with Gasteiger partial charge in [0, 0.05) is 12.1 Å². The highest BCUT2D eigenvalue weighted by Gasteiger charge is 2.31. The van der Waals surface area contributed by atoms with Crippen molar-refractivity contribution in [3.05, 3.63) is 59.2 Å². The van der Waals surface area contributed by atoms with E-state index in [1.54, 1.807) is 14.2 Å². The summed E-state index contributed by atoms with van der Waals surface area (Å²) in [7, 11) is 3.26. The largest absolute Gasteiger partial charge is 0.493 e. The fourth-order valence-electron chi connectivity index (χ4n) is 3.47. The van der Waals surface area contributed by atoms with Gasteiger partial charge in [-0.1, -0.05) is 25.1 Å². The molecule has 25 heavy (non-hydrogen) atoms. The number of carbonyl (C=O) groups is 1. The molecule has 1 unspecified atom stereocenters. The van der Waals surface area contributed by atoms with Crippen LogP contribution in [0.2, 0.25) is 0 Å². The number of hydrogen-bond donors (Lipinski definition) is 0. The van der Waals surface area contributed by atoms with E-state index in [1.165, 1.54) is 5.56 Å². The van der Waals surface area contributed by atoms with Gasteiger partial charge in [-0.2, -0.15) is 0 Å². The number of methoxy groups -OCH3 is 2. The maximum atomic E-state index is 13.0. The number of likely N-dealkylation sites (tertiary alicyclic amines) is 1. The van der Waals surface area contributed by atoms with Crippen LogP contribution in [0.5, 0.6) is 11.5 Å². The Kier molecular flexibility index (Phi) is 5.27. The van der Waals surface area contributed by atoms with Crippen LogP contribution in [0, 0.1) is 0 Å². The van der Waals surface area contributed by atoms with Gasteiger partial charge in [0.05, 0.1) is 20.3 Å². The van der Waals surface area contributed by atoms with Crippen molar-refractivity contribution in [2.24, 2.45) is 0 Å². The summed E-state index contributed by atoms with van der Waals surface area (Å²) >= 11 is 0. The molecule has 1 saturated heterocycles. The lowest BCUT2D eigenvalue weighted by Gasteiger charge is -2.26. The number of aryl methyl sites for hydroxylation is 1. The van der Waals surface area contributed by atoms with Crippen molar-refractivity contribution in [3.8, 4) is 11.5 Å². The Bertz CT molecular complexity index is 739. The quantitative estimate of drug-likeness (QED) is 0.818. The highest BCUT2D eigenvalue weighted by molar-refractivity contribution is 5.94. The molecule has 4 heteroatoms. The number of benzene rings is 2. The summed E-state index contributed by atoms with van der Waals surface area (Å²) in [6, 6.07) is 13.9. The fraction of sp³-hybridized carbons (Fsp3) is 0.381. The molecular weight excluding hydrogens is 314 g/mol. The van der Waals surface area contributed by atoms with Crippen molar-refractivity contribution >= 4 is 5.91 Å². The molecule has 1 amide bonds. The first-order valence-corrected chi connectivity index (χ1v) is 8.79. The smallest absolute Gasteiger partial charge is 0.254 e. The molecule has 1 atom stereocenters. The summed E-state index contributed by atoms with van der Waals surface area (Å²) in [6.45, 7) is 2.90. The van der Waals surface area contributed by atoms with Crippen LogP contribution in [0.3, 0.4) is 0 Å². The number of amides is 1. The Morgan fingerprint density at radius 3 is 2.44 bits per heavy atom. The van der Waals surface area contributed by atoms with Crippen molar-refractivity contribution in [2.75, 3.05) is 20.8 Å². The van der Waals surface area contributed by atoms with Gasteiger partial charge in [-0.05, 0) is 54.7 Å². The Labute approximate surface area is 149 Å². The van der Waals surface area contributed by atoms with E-state index in [4.69, 9.17) is 9.47 Å². The third-order valence-corrected chi connectivity index (χ3v) is 4.92. The standard InChI is InChI=1S/C21H25NO3/c1-4-15-7-9-16(10-8-15)21(23)22-13-5-6-18(22)17-11-12-19(24-2)20(14-17)25-3/h7-12,14,18H,4-6,13H2,1-3H3. The van der Waals surface area contributed by atoms with Crippen molar-refractivity contribution in [1.29, 1.82) is 0 Å². The second kappa shape index (κ2) is 7.60. The zero-order valence-corrected chi connectivity index (χ0v) is 15.1. The summed E-state index contributed by atoms with van der Waals surface area (Å²) in [6.07, 6.45) is 2.96. The van der Waals surface area contributed by atoms with E-state index in [0.29, 0.717) is 11.5 Å². The first-order chi connectivity index (χ1) is 12.2. The van der Waals surface area contributed by atoms with Gasteiger partial charge < -0.3 is 14.4 Å². The summed E-state index contributed by atoms with van der Waals surface area (Å²) in [4.78, 5) is 15.0. The van der Waals surface area contributed by atoms with Gasteiger partial charge in [0.1, 0.15) is 0 Å². The fourth-order valence-corrected chi connectivity index (χ4v) is 3.47. The van der Waals surface area contributed by atoms with Gasteiger partial charge in [-0.3, -0.25) is 4.79 Å². The lowest BCUT2D eigenvalue weighted by molar-refractivity contribution is 0.0735. The van der Waals surface area contributed by atoms with E-state index < -0.39 is 0 Å². The van der Waals surface area contributed by atoms with Crippen LogP contribution in [0.25, 0.3) is 0 Å². The summed E-state index contributed by atoms with van der Waals surface area (Å²) < 4.78 is 10.7. The predicted octanol–water partition coefficient (Wildman–Crippen LogP) is 4.24. The maximum absolute atomic E-state index is 13.0.